The molecule has 2 N–H and O–H groups in total. The van der Waals surface area contributed by atoms with Crippen molar-refractivity contribution in [1.29, 1.82) is 0 Å². The minimum absolute atomic E-state index is 0. The van der Waals surface area contributed by atoms with Crippen molar-refractivity contribution in [3.63, 3.8) is 0 Å². The minimum atomic E-state index is -0.986. The van der Waals surface area contributed by atoms with Crippen molar-refractivity contribution in [3.05, 3.63) is 29.8 Å². The molecule has 0 saturated heterocycles. The summed E-state index contributed by atoms with van der Waals surface area (Å²) in [6.45, 7) is 0. The summed E-state index contributed by atoms with van der Waals surface area (Å²) < 4.78 is 0. The number of benzene rings is 1. The monoisotopic (exact) mass is 194 g/mol. The number of hydrogen-bond acceptors (Lipinski definition) is 2. The summed E-state index contributed by atoms with van der Waals surface area (Å²) in [5, 5.41) is 17.1. The first-order valence-corrected chi connectivity index (χ1v) is 2.72. The van der Waals surface area contributed by atoms with E-state index in [4.69, 9.17) is 10.2 Å². The standard InChI is InChI=1S/C7H6O3.Fe/c8-6-3-1-5(2-4-6)7(9)10;/h1-4,8H,(H,9,10);. The van der Waals surface area contributed by atoms with E-state index < -0.39 is 5.97 Å². The molecule has 0 amide bonds. The van der Waals surface area contributed by atoms with Crippen molar-refractivity contribution in [2.24, 2.45) is 0 Å². The van der Waals surface area contributed by atoms with Gasteiger partial charge in [-0.3, -0.25) is 0 Å². The van der Waals surface area contributed by atoms with Gasteiger partial charge in [0.25, 0.3) is 0 Å². The average molecular weight is 194 g/mol. The maximum Gasteiger partial charge on any atom is 0.335 e. The second kappa shape index (κ2) is 4.01. The summed E-state index contributed by atoms with van der Waals surface area (Å²) in [5.41, 5.74) is 0.179. The molecule has 0 spiro atoms. The first-order chi connectivity index (χ1) is 4.70. The van der Waals surface area contributed by atoms with Crippen LogP contribution in [0.3, 0.4) is 0 Å². The molecule has 0 aliphatic rings. The third-order valence-electron chi connectivity index (χ3n) is 1.11. The number of hydrogen-bond donors (Lipinski definition) is 2. The molecule has 0 aliphatic heterocycles. The third kappa shape index (κ3) is 2.62. The molecule has 0 aliphatic carbocycles. The van der Waals surface area contributed by atoms with Gasteiger partial charge in [-0.1, -0.05) is 0 Å². The van der Waals surface area contributed by atoms with E-state index in [1.54, 1.807) is 0 Å². The Hall–Kier alpha value is -0.991. The van der Waals surface area contributed by atoms with E-state index in [9.17, 15) is 4.79 Å². The van der Waals surface area contributed by atoms with Gasteiger partial charge in [-0.2, -0.15) is 0 Å². The van der Waals surface area contributed by atoms with Crippen LogP contribution in [0.4, 0.5) is 0 Å². The smallest absolute Gasteiger partial charge is 0.335 e. The van der Waals surface area contributed by atoms with Crippen molar-refractivity contribution in [2.75, 3.05) is 0 Å². The van der Waals surface area contributed by atoms with Gasteiger partial charge in [-0.15, -0.1) is 0 Å². The van der Waals surface area contributed by atoms with E-state index >= 15 is 0 Å². The number of phenolic OH excluding ortho intramolecular Hbond substituents is 1. The first-order valence-electron chi connectivity index (χ1n) is 2.72. The fourth-order valence-electron chi connectivity index (χ4n) is 0.604. The van der Waals surface area contributed by atoms with E-state index in [1.165, 1.54) is 24.3 Å². The summed E-state index contributed by atoms with van der Waals surface area (Å²) in [4.78, 5) is 10.2. The second-order valence-corrected chi connectivity index (χ2v) is 1.85. The molecule has 3 nitrogen and oxygen atoms in total. The fraction of sp³-hybridized carbons (Fsp3) is 0. The first kappa shape index (κ1) is 10.0. The Labute approximate surface area is 74.1 Å². The van der Waals surface area contributed by atoms with E-state index in [2.05, 4.69) is 0 Å². The maximum atomic E-state index is 10.2. The Kier molecular flexibility index (Phi) is 3.65. The van der Waals surface area contributed by atoms with Crippen LogP contribution in [0.5, 0.6) is 5.75 Å². The number of carbonyl (C=O) groups is 1. The van der Waals surface area contributed by atoms with Gasteiger partial charge in [0.15, 0.2) is 0 Å². The van der Waals surface area contributed by atoms with Gasteiger partial charge in [0.2, 0.25) is 0 Å². The van der Waals surface area contributed by atoms with Crippen molar-refractivity contribution >= 4 is 5.97 Å². The van der Waals surface area contributed by atoms with Crippen LogP contribution >= 0.6 is 0 Å². The molecule has 60 valence electrons. The zero-order valence-electron chi connectivity index (χ0n) is 5.47. The zero-order valence-corrected chi connectivity index (χ0v) is 6.57. The van der Waals surface area contributed by atoms with E-state index in [1.807, 2.05) is 0 Å². The summed E-state index contributed by atoms with van der Waals surface area (Å²) in [7, 11) is 0. The van der Waals surface area contributed by atoms with Crippen LogP contribution in [0.1, 0.15) is 10.4 Å². The SMILES string of the molecule is O=C(O)c1ccc(O)cc1.[Fe]. The quantitative estimate of drug-likeness (QED) is 0.657. The van der Waals surface area contributed by atoms with Crippen LogP contribution < -0.4 is 0 Å². The van der Waals surface area contributed by atoms with E-state index in [0.717, 1.165) is 0 Å². The normalized spacial score (nSPS) is 8.36. The number of aromatic hydroxyl groups is 1. The zero-order chi connectivity index (χ0) is 7.56. The average Bonchev–Trinajstić information content (AvgIpc) is 1.88. The summed E-state index contributed by atoms with van der Waals surface area (Å²) in [6.07, 6.45) is 0. The van der Waals surface area contributed by atoms with Gasteiger partial charge < -0.3 is 10.2 Å². The molecule has 0 atom stereocenters. The molecular formula is C7H6FeO3. The van der Waals surface area contributed by atoms with Crippen molar-refractivity contribution in [3.8, 4) is 5.75 Å². The maximum absolute atomic E-state index is 10.2. The number of rotatable bonds is 1. The van der Waals surface area contributed by atoms with Crippen LogP contribution in [-0.2, 0) is 17.1 Å². The van der Waals surface area contributed by atoms with Gasteiger partial charge >= 0.3 is 5.97 Å². The molecule has 1 aromatic rings. The van der Waals surface area contributed by atoms with E-state index in [0.29, 0.717) is 0 Å². The van der Waals surface area contributed by atoms with Gasteiger partial charge in [0, 0.05) is 17.1 Å². The molecule has 0 heterocycles. The largest absolute Gasteiger partial charge is 0.508 e. The van der Waals surface area contributed by atoms with Gasteiger partial charge in [-0.25, -0.2) is 4.79 Å². The molecule has 0 bridgehead atoms. The number of carboxylic acid groups (broad SMARTS) is 1. The fourth-order valence-corrected chi connectivity index (χ4v) is 0.604. The number of carboxylic acids is 1. The Bertz CT molecular complexity index is 242. The molecule has 4 heteroatoms. The molecule has 1 rings (SSSR count). The third-order valence-corrected chi connectivity index (χ3v) is 1.11. The predicted octanol–water partition coefficient (Wildman–Crippen LogP) is 1.09. The second-order valence-electron chi connectivity index (χ2n) is 1.85. The van der Waals surface area contributed by atoms with Crippen LogP contribution in [0.2, 0.25) is 0 Å². The number of phenols is 1. The molecular weight excluding hydrogens is 188 g/mol. The molecule has 0 saturated carbocycles. The van der Waals surface area contributed by atoms with Gasteiger partial charge in [0.05, 0.1) is 5.56 Å². The Morgan fingerprint density at radius 2 is 1.64 bits per heavy atom. The summed E-state index contributed by atoms with van der Waals surface area (Å²) >= 11 is 0. The van der Waals surface area contributed by atoms with Crippen LogP contribution in [-0.4, -0.2) is 16.2 Å². The summed E-state index contributed by atoms with van der Waals surface area (Å²) in [6, 6.07) is 5.36. The molecule has 0 unspecified atom stereocenters. The van der Waals surface area contributed by atoms with Crippen molar-refractivity contribution in [1.82, 2.24) is 0 Å². The molecule has 0 aromatic heterocycles. The van der Waals surface area contributed by atoms with Gasteiger partial charge in [-0.05, 0) is 24.3 Å². The molecule has 0 radical (unpaired) electrons. The van der Waals surface area contributed by atoms with Crippen LogP contribution in [0.15, 0.2) is 24.3 Å². The molecule has 1 aromatic carbocycles. The molecule has 0 fully saturated rings. The summed E-state index contributed by atoms with van der Waals surface area (Å²) in [5.74, 6) is -0.912. The van der Waals surface area contributed by atoms with Crippen molar-refractivity contribution < 1.29 is 32.1 Å². The number of aromatic carboxylic acids is 1. The Morgan fingerprint density at radius 1 is 1.18 bits per heavy atom. The topological polar surface area (TPSA) is 57.5 Å². The Morgan fingerprint density at radius 3 is 2.00 bits per heavy atom. The van der Waals surface area contributed by atoms with Gasteiger partial charge in [0.1, 0.15) is 5.75 Å². The van der Waals surface area contributed by atoms with Crippen LogP contribution in [0, 0.1) is 0 Å². The Balaban J connectivity index is 0.000001000. The minimum Gasteiger partial charge on any atom is -0.508 e. The van der Waals surface area contributed by atoms with Crippen LogP contribution in [0.25, 0.3) is 0 Å². The molecule has 11 heavy (non-hydrogen) atoms. The van der Waals surface area contributed by atoms with E-state index in [-0.39, 0.29) is 28.4 Å². The van der Waals surface area contributed by atoms with Crippen molar-refractivity contribution in [2.45, 2.75) is 0 Å². The predicted molar refractivity (Wildman–Crippen MR) is 35.1 cm³/mol.